The molecule has 3 aliphatic rings. The monoisotopic (exact) mass is 532 g/mol. The molecule has 3 heterocycles. The average Bonchev–Trinajstić information content (AvgIpc) is 3.36. The lowest BCUT2D eigenvalue weighted by Crippen LogP contribution is -2.43. The van der Waals surface area contributed by atoms with Crippen LogP contribution < -0.4 is 15.0 Å². The number of rotatable bonds is 7. The van der Waals surface area contributed by atoms with Crippen molar-refractivity contribution in [3.8, 4) is 11.9 Å². The Morgan fingerprint density at radius 1 is 1.32 bits per heavy atom. The summed E-state index contributed by atoms with van der Waals surface area (Å²) in [5.41, 5.74) is 2.28. The molecule has 3 aromatic rings. The topological polar surface area (TPSA) is 139 Å². The lowest BCUT2D eigenvalue weighted by atomic mass is 9.74. The molecule has 1 aliphatic heterocycles. The van der Waals surface area contributed by atoms with E-state index in [1.807, 2.05) is 13.0 Å². The number of ether oxygens (including phenoxy) is 1. The van der Waals surface area contributed by atoms with Gasteiger partial charge in [-0.15, -0.1) is 5.10 Å². The van der Waals surface area contributed by atoms with Gasteiger partial charge in [-0.25, -0.2) is 14.6 Å². The molecule has 3 fully saturated rings. The van der Waals surface area contributed by atoms with Crippen LogP contribution in [0.25, 0.3) is 0 Å². The molecule has 38 heavy (non-hydrogen) atoms. The summed E-state index contributed by atoms with van der Waals surface area (Å²) in [6.07, 6.45) is 5.55. The number of hydrogen-bond donors (Lipinski definition) is 1. The van der Waals surface area contributed by atoms with Crippen molar-refractivity contribution in [2.45, 2.75) is 44.2 Å². The predicted molar refractivity (Wildman–Crippen MR) is 136 cm³/mol. The van der Waals surface area contributed by atoms with Crippen LogP contribution in [0.5, 0.6) is 5.88 Å². The molecule has 0 bridgehead atoms. The van der Waals surface area contributed by atoms with Crippen LogP contribution in [-0.4, -0.2) is 56.5 Å². The SMILES string of the molecule is COc1nc(C(C)n2cc(C(=O)N[C@H]3C[C@@H](c4cc(Cl)ccc4C#N)C3)nn2)cnc1N1C[C@H]2C[C@H]2C1=O. The molecule has 2 amide bonds. The van der Waals surface area contributed by atoms with E-state index in [0.29, 0.717) is 47.4 Å². The molecule has 194 valence electrons. The van der Waals surface area contributed by atoms with E-state index in [1.54, 1.807) is 34.1 Å². The van der Waals surface area contributed by atoms with Gasteiger partial charge in [-0.1, -0.05) is 16.8 Å². The van der Waals surface area contributed by atoms with Gasteiger partial charge >= 0.3 is 0 Å². The van der Waals surface area contributed by atoms with Crippen LogP contribution in [0.2, 0.25) is 5.02 Å². The maximum absolute atomic E-state index is 12.8. The van der Waals surface area contributed by atoms with Crippen LogP contribution in [-0.2, 0) is 4.79 Å². The van der Waals surface area contributed by atoms with Crippen LogP contribution in [0.15, 0.2) is 30.6 Å². The molecule has 2 aromatic heterocycles. The Kier molecular flexibility index (Phi) is 5.99. The van der Waals surface area contributed by atoms with Crippen LogP contribution in [0.3, 0.4) is 0 Å². The number of nitrogens with zero attached hydrogens (tertiary/aromatic N) is 7. The second kappa shape index (κ2) is 9.36. The first-order valence-corrected chi connectivity index (χ1v) is 12.9. The Hall–Kier alpha value is -4.04. The molecule has 12 heteroatoms. The van der Waals surface area contributed by atoms with Crippen molar-refractivity contribution in [2.24, 2.45) is 11.8 Å². The van der Waals surface area contributed by atoms with Crippen molar-refractivity contribution in [3.63, 3.8) is 0 Å². The number of carbonyl (C=O) groups is 2. The fourth-order valence-corrected chi connectivity index (χ4v) is 5.48. The summed E-state index contributed by atoms with van der Waals surface area (Å²) in [6.45, 7) is 2.51. The number of hydrogen-bond acceptors (Lipinski definition) is 8. The summed E-state index contributed by atoms with van der Waals surface area (Å²) < 4.78 is 6.99. The number of aromatic nitrogens is 5. The van der Waals surface area contributed by atoms with Gasteiger partial charge in [0, 0.05) is 23.5 Å². The summed E-state index contributed by atoms with van der Waals surface area (Å²) >= 11 is 6.11. The maximum atomic E-state index is 12.8. The van der Waals surface area contributed by atoms with E-state index in [-0.39, 0.29) is 47.3 Å². The second-order valence-corrected chi connectivity index (χ2v) is 10.6. The third-order valence-corrected chi connectivity index (χ3v) is 7.96. The molecule has 2 saturated carbocycles. The largest absolute Gasteiger partial charge is 0.478 e. The zero-order valence-electron chi connectivity index (χ0n) is 20.8. The van der Waals surface area contributed by atoms with Crippen molar-refractivity contribution in [3.05, 3.63) is 58.1 Å². The van der Waals surface area contributed by atoms with E-state index >= 15 is 0 Å². The third-order valence-electron chi connectivity index (χ3n) is 7.73. The summed E-state index contributed by atoms with van der Waals surface area (Å²) in [7, 11) is 1.50. The van der Waals surface area contributed by atoms with E-state index in [9.17, 15) is 14.9 Å². The van der Waals surface area contributed by atoms with Gasteiger partial charge in [0.1, 0.15) is 0 Å². The minimum Gasteiger partial charge on any atom is -0.478 e. The third kappa shape index (κ3) is 4.24. The summed E-state index contributed by atoms with van der Waals surface area (Å²) in [5, 5.41) is 21.1. The highest BCUT2D eigenvalue weighted by atomic mass is 35.5. The molecular formula is C26H25ClN8O3. The van der Waals surface area contributed by atoms with Gasteiger partial charge in [0.2, 0.25) is 5.91 Å². The number of methoxy groups -OCH3 is 1. The fourth-order valence-electron chi connectivity index (χ4n) is 5.30. The number of benzene rings is 1. The molecular weight excluding hydrogens is 508 g/mol. The standard InChI is InChI=1S/C26H25ClN8O3/c1-13(21-10-29-23(25(31-21)38-2)34-11-16-7-20(16)26(34)37)35-12-22(32-33-35)24(36)30-18-5-15(6-18)19-8-17(27)4-3-14(19)9-28/h3-4,8,10,12-13,15-16,18,20H,5-7,11H2,1-2H3,(H,30,36)/t13?,15-,16-,18+,20-/m1/s1. The van der Waals surface area contributed by atoms with Crippen LogP contribution >= 0.6 is 11.6 Å². The molecule has 3 atom stereocenters. The first kappa shape index (κ1) is 24.3. The lowest BCUT2D eigenvalue weighted by Gasteiger charge is -2.36. The van der Waals surface area contributed by atoms with Gasteiger partial charge < -0.3 is 10.1 Å². The highest BCUT2D eigenvalue weighted by molar-refractivity contribution is 6.30. The molecule has 0 spiro atoms. The van der Waals surface area contributed by atoms with Crippen molar-refractivity contribution in [1.82, 2.24) is 30.3 Å². The van der Waals surface area contributed by atoms with Gasteiger partial charge in [-0.3, -0.25) is 14.5 Å². The highest BCUT2D eigenvalue weighted by Gasteiger charge is 2.53. The Morgan fingerprint density at radius 3 is 2.84 bits per heavy atom. The molecule has 2 aliphatic carbocycles. The van der Waals surface area contributed by atoms with Gasteiger partial charge in [-0.2, -0.15) is 5.26 Å². The smallest absolute Gasteiger partial charge is 0.273 e. The molecule has 6 rings (SSSR count). The summed E-state index contributed by atoms with van der Waals surface area (Å²) in [4.78, 5) is 36.0. The quantitative estimate of drug-likeness (QED) is 0.490. The number of fused-ring (bicyclic) bond motifs is 1. The van der Waals surface area contributed by atoms with Crippen molar-refractivity contribution < 1.29 is 14.3 Å². The fraction of sp³-hybridized carbons (Fsp3) is 0.423. The molecule has 11 nitrogen and oxygen atoms in total. The minimum atomic E-state index is -0.373. The first-order chi connectivity index (χ1) is 18.4. The van der Waals surface area contributed by atoms with Gasteiger partial charge in [0.15, 0.2) is 11.5 Å². The van der Waals surface area contributed by atoms with Crippen LogP contribution in [0.4, 0.5) is 5.82 Å². The number of amides is 2. The van der Waals surface area contributed by atoms with E-state index in [4.69, 9.17) is 16.3 Å². The lowest BCUT2D eigenvalue weighted by molar-refractivity contribution is -0.118. The Balaban J connectivity index is 1.09. The zero-order chi connectivity index (χ0) is 26.6. The Bertz CT molecular complexity index is 1480. The predicted octanol–water partition coefficient (Wildman–Crippen LogP) is 2.87. The normalized spacial score (nSPS) is 24.3. The molecule has 0 radical (unpaired) electrons. The van der Waals surface area contributed by atoms with Gasteiger partial charge in [0.05, 0.1) is 42.9 Å². The number of nitriles is 1. The van der Waals surface area contributed by atoms with E-state index in [2.05, 4.69) is 31.7 Å². The van der Waals surface area contributed by atoms with E-state index < -0.39 is 0 Å². The number of anilines is 1. The van der Waals surface area contributed by atoms with Gasteiger partial charge in [0.25, 0.3) is 11.8 Å². The second-order valence-electron chi connectivity index (χ2n) is 10.1. The summed E-state index contributed by atoms with van der Waals surface area (Å²) in [6, 6.07) is 7.07. The van der Waals surface area contributed by atoms with Crippen molar-refractivity contribution in [1.29, 1.82) is 5.26 Å². The van der Waals surface area contributed by atoms with E-state index in [0.717, 1.165) is 12.0 Å². The van der Waals surface area contributed by atoms with E-state index in [1.165, 1.54) is 7.11 Å². The molecule has 1 saturated heterocycles. The highest BCUT2D eigenvalue weighted by Crippen LogP contribution is 2.48. The minimum absolute atomic E-state index is 0.0254. The Morgan fingerprint density at radius 2 is 2.13 bits per heavy atom. The number of nitrogens with one attached hydrogen (secondary N) is 1. The summed E-state index contributed by atoms with van der Waals surface area (Å²) in [5.74, 6) is 1.15. The maximum Gasteiger partial charge on any atom is 0.273 e. The average molecular weight is 533 g/mol. The molecule has 1 N–H and O–H groups in total. The first-order valence-electron chi connectivity index (χ1n) is 12.5. The number of piperidine rings is 1. The molecule has 1 aromatic carbocycles. The number of halogens is 1. The molecule has 1 unspecified atom stereocenters. The van der Waals surface area contributed by atoms with Crippen molar-refractivity contribution >= 4 is 29.2 Å². The van der Waals surface area contributed by atoms with Crippen molar-refractivity contribution in [2.75, 3.05) is 18.6 Å². The van der Waals surface area contributed by atoms with Crippen LogP contribution in [0, 0.1) is 23.2 Å². The van der Waals surface area contributed by atoms with Gasteiger partial charge in [-0.05, 0) is 61.8 Å². The zero-order valence-corrected chi connectivity index (χ0v) is 21.6. The number of carbonyl (C=O) groups excluding carboxylic acids is 2. The van der Waals surface area contributed by atoms with Crippen LogP contribution in [0.1, 0.15) is 65.5 Å². The Labute approximate surface area is 223 Å².